The standard InChI is InChI=1S/C53H45B10N/c54-43-39(44(55)48(59)51(62)47(43)58)27-16-21-29(22-17-27)64(30-23-18-28(19-24-30)40-45(56)49(60)52(63)50(61)46(40)57)38-15-7-14-36-42(38)33-11-4-6-13-35(33)53(36)34-12-5-3-10-32(34)41-31-9-2-1-8-26(31)20-25-37(41)53/h1-25H,54-63H2. The average Bonchev–Trinajstić information content (AvgIpc) is 3.81. The Morgan fingerprint density at radius 3 is 1.22 bits per heavy atom. The van der Waals surface area contributed by atoms with E-state index in [4.69, 9.17) is 0 Å². The molecule has 0 amide bonds. The van der Waals surface area contributed by atoms with Crippen LogP contribution in [0, 0.1) is 0 Å². The number of rotatable bonds is 5. The van der Waals surface area contributed by atoms with Gasteiger partial charge in [-0.1, -0.05) is 143 Å². The van der Waals surface area contributed by atoms with Crippen LogP contribution in [0.4, 0.5) is 17.1 Å². The largest absolute Gasteiger partial charge is 0.310 e. The summed E-state index contributed by atoms with van der Waals surface area (Å²) < 4.78 is 0. The molecule has 0 N–H and O–H groups in total. The van der Waals surface area contributed by atoms with Gasteiger partial charge in [0.05, 0.1) is 11.1 Å². The van der Waals surface area contributed by atoms with Crippen LogP contribution < -0.4 is 59.5 Å². The zero-order chi connectivity index (χ0) is 44.3. The SMILES string of the molecule is Bc1c(B)c(B)c(-c2ccc(N(c3ccc(-c4c(B)c(B)c(B)c(B)c4B)cc3)c3cccc4c3-c3ccccc3C43c4ccccc4-c4c3ccc3ccccc43)cc2)c(B)c1B. The lowest BCUT2D eigenvalue weighted by molar-refractivity contribution is 0.794. The van der Waals surface area contributed by atoms with E-state index in [0.29, 0.717) is 0 Å². The third kappa shape index (κ3) is 5.52. The van der Waals surface area contributed by atoms with Gasteiger partial charge >= 0.3 is 0 Å². The second-order valence-electron chi connectivity index (χ2n) is 18.7. The van der Waals surface area contributed by atoms with Gasteiger partial charge in [0.15, 0.2) is 0 Å². The Morgan fingerprint density at radius 1 is 0.297 bits per heavy atom. The lowest BCUT2D eigenvalue weighted by atomic mass is 9.59. The summed E-state index contributed by atoms with van der Waals surface area (Å²) in [5.41, 5.74) is 32.6. The number of anilines is 3. The van der Waals surface area contributed by atoms with Crippen LogP contribution in [0.1, 0.15) is 22.3 Å². The molecule has 2 aliphatic carbocycles. The molecule has 0 aromatic heterocycles. The average molecular weight is 804 g/mol. The minimum absolute atomic E-state index is 0.469. The molecule has 1 spiro atoms. The molecule has 292 valence electrons. The number of nitrogens with zero attached hydrogens (tertiary/aromatic N) is 1. The van der Waals surface area contributed by atoms with Gasteiger partial charge in [0, 0.05) is 16.9 Å². The molecular weight excluding hydrogens is 759 g/mol. The van der Waals surface area contributed by atoms with Crippen LogP contribution in [0.15, 0.2) is 152 Å². The van der Waals surface area contributed by atoms with Gasteiger partial charge in [-0.25, -0.2) is 0 Å². The molecule has 1 unspecified atom stereocenters. The number of fused-ring (bicyclic) bond motifs is 12. The van der Waals surface area contributed by atoms with E-state index in [1.165, 1.54) is 138 Å². The summed E-state index contributed by atoms with van der Waals surface area (Å²) >= 11 is 0. The van der Waals surface area contributed by atoms with Crippen molar-refractivity contribution >= 4 is 161 Å². The number of hydrogen-bond acceptors (Lipinski definition) is 1. The highest BCUT2D eigenvalue weighted by atomic mass is 15.1. The van der Waals surface area contributed by atoms with E-state index in [-0.39, 0.29) is 0 Å². The van der Waals surface area contributed by atoms with Gasteiger partial charge < -0.3 is 4.90 Å². The molecule has 0 radical (unpaired) electrons. The fourth-order valence-corrected chi connectivity index (χ4v) is 12.0. The highest BCUT2D eigenvalue weighted by molar-refractivity contribution is 6.70. The fraction of sp³-hybridized carbons (Fsp3) is 0.0189. The first-order valence-electron chi connectivity index (χ1n) is 23.0. The molecule has 9 aromatic rings. The van der Waals surface area contributed by atoms with Crippen molar-refractivity contribution in [3.8, 4) is 44.5 Å². The second kappa shape index (κ2) is 14.9. The van der Waals surface area contributed by atoms with Gasteiger partial charge in [0.2, 0.25) is 0 Å². The highest BCUT2D eigenvalue weighted by Crippen LogP contribution is 2.65. The third-order valence-corrected chi connectivity index (χ3v) is 16.0. The Morgan fingerprint density at radius 2 is 0.703 bits per heavy atom. The predicted octanol–water partition coefficient (Wildman–Crippen LogP) is -3.43. The monoisotopic (exact) mass is 805 g/mol. The minimum atomic E-state index is -0.469. The van der Waals surface area contributed by atoms with Crippen molar-refractivity contribution in [2.24, 2.45) is 0 Å². The molecule has 1 atom stereocenters. The van der Waals surface area contributed by atoms with Crippen molar-refractivity contribution in [2.75, 3.05) is 4.90 Å². The van der Waals surface area contributed by atoms with Crippen LogP contribution in [0.5, 0.6) is 0 Å². The van der Waals surface area contributed by atoms with E-state index >= 15 is 0 Å². The van der Waals surface area contributed by atoms with Crippen LogP contribution in [0.3, 0.4) is 0 Å². The number of hydrogen-bond donors (Lipinski definition) is 0. The van der Waals surface area contributed by atoms with E-state index in [2.05, 4.69) is 235 Å². The molecular formula is C53H45B10N. The summed E-state index contributed by atoms with van der Waals surface area (Å²) in [6, 6.07) is 57.8. The smallest absolute Gasteiger partial charge is 0.139 e. The summed E-state index contributed by atoms with van der Waals surface area (Å²) in [7, 11) is 22.7. The molecule has 11 heteroatoms. The minimum Gasteiger partial charge on any atom is -0.310 e. The Labute approximate surface area is 387 Å². The maximum absolute atomic E-state index is 2.51. The predicted molar refractivity (Wildman–Crippen MR) is 308 cm³/mol. The molecule has 64 heavy (non-hydrogen) atoms. The molecule has 0 fully saturated rings. The Kier molecular flexibility index (Phi) is 9.41. The molecule has 2 aliphatic rings. The molecule has 1 nitrogen and oxygen atoms in total. The third-order valence-electron chi connectivity index (χ3n) is 16.0. The molecule has 0 aliphatic heterocycles. The lowest BCUT2D eigenvalue weighted by Gasteiger charge is -2.32. The molecule has 0 saturated heterocycles. The van der Waals surface area contributed by atoms with Gasteiger partial charge in [-0.3, -0.25) is 0 Å². The van der Waals surface area contributed by atoms with Crippen LogP contribution >= 0.6 is 0 Å². The molecule has 11 rings (SSSR count). The molecule has 0 saturated carbocycles. The Hall–Kier alpha value is -6.31. The van der Waals surface area contributed by atoms with E-state index in [1.807, 2.05) is 0 Å². The van der Waals surface area contributed by atoms with Gasteiger partial charge in [0.25, 0.3) is 0 Å². The number of benzene rings is 9. The highest BCUT2D eigenvalue weighted by Gasteiger charge is 2.52. The molecule has 0 bridgehead atoms. The first kappa shape index (κ1) is 40.5. The maximum Gasteiger partial charge on any atom is 0.139 e. The summed E-state index contributed by atoms with van der Waals surface area (Å²) in [6.07, 6.45) is 0. The lowest BCUT2D eigenvalue weighted by Crippen LogP contribution is -2.55. The van der Waals surface area contributed by atoms with E-state index < -0.39 is 5.41 Å². The second-order valence-corrected chi connectivity index (χ2v) is 18.7. The van der Waals surface area contributed by atoms with Crippen molar-refractivity contribution in [1.82, 2.24) is 0 Å². The zero-order valence-electron chi connectivity index (χ0n) is 38.9. The summed E-state index contributed by atoms with van der Waals surface area (Å²) in [6.45, 7) is 0. The first-order valence-corrected chi connectivity index (χ1v) is 23.0. The normalized spacial score (nSPS) is 14.3. The van der Waals surface area contributed by atoms with Crippen molar-refractivity contribution in [3.63, 3.8) is 0 Å². The maximum atomic E-state index is 2.51. The Bertz CT molecular complexity index is 3280. The van der Waals surface area contributed by atoms with Crippen LogP contribution in [-0.2, 0) is 5.41 Å². The van der Waals surface area contributed by atoms with Crippen molar-refractivity contribution in [2.45, 2.75) is 5.41 Å². The molecule has 9 aromatic carbocycles. The van der Waals surface area contributed by atoms with Crippen molar-refractivity contribution in [3.05, 3.63) is 174 Å². The quantitative estimate of drug-likeness (QED) is 0.164. The van der Waals surface area contributed by atoms with Crippen LogP contribution in [0.25, 0.3) is 55.3 Å². The zero-order valence-corrected chi connectivity index (χ0v) is 38.9. The van der Waals surface area contributed by atoms with Crippen LogP contribution in [0.2, 0.25) is 0 Å². The first-order chi connectivity index (χ1) is 30.9. The van der Waals surface area contributed by atoms with Crippen molar-refractivity contribution in [1.29, 1.82) is 0 Å². The van der Waals surface area contributed by atoms with Crippen molar-refractivity contribution < 1.29 is 0 Å². The van der Waals surface area contributed by atoms with Gasteiger partial charge in [-0.15, -0.1) is 32.8 Å². The topological polar surface area (TPSA) is 3.24 Å². The van der Waals surface area contributed by atoms with Crippen LogP contribution in [-0.4, -0.2) is 78.5 Å². The summed E-state index contributed by atoms with van der Waals surface area (Å²) in [5.74, 6) is 0. The van der Waals surface area contributed by atoms with Gasteiger partial charge in [-0.2, -0.15) is 0 Å². The fourth-order valence-electron chi connectivity index (χ4n) is 12.0. The van der Waals surface area contributed by atoms with E-state index in [9.17, 15) is 0 Å². The van der Waals surface area contributed by atoms with Gasteiger partial charge in [-0.05, 0) is 102 Å². The van der Waals surface area contributed by atoms with E-state index in [1.54, 1.807) is 0 Å². The Balaban J connectivity index is 1.16. The molecule has 0 heterocycles. The van der Waals surface area contributed by atoms with E-state index in [0.717, 1.165) is 11.4 Å². The summed E-state index contributed by atoms with van der Waals surface area (Å²) in [4.78, 5) is 2.51. The summed E-state index contributed by atoms with van der Waals surface area (Å²) in [5, 5.41) is 2.58. The van der Waals surface area contributed by atoms with Gasteiger partial charge in [0.1, 0.15) is 78.5 Å².